The molecule has 0 saturated heterocycles. The van der Waals surface area contributed by atoms with Crippen LogP contribution < -0.4 is 0 Å². The lowest BCUT2D eigenvalue weighted by Crippen LogP contribution is -1.97. The van der Waals surface area contributed by atoms with Crippen molar-refractivity contribution in [1.29, 1.82) is 0 Å². The number of rotatable bonds is 3. The summed E-state index contributed by atoms with van der Waals surface area (Å²) in [5, 5.41) is 7.46. The molecule has 0 N–H and O–H groups in total. The van der Waals surface area contributed by atoms with E-state index in [0.29, 0.717) is 0 Å². The van der Waals surface area contributed by atoms with Gasteiger partial charge in [-0.05, 0) is 30.3 Å². The van der Waals surface area contributed by atoms with Crippen LogP contribution in [0.5, 0.6) is 0 Å². The van der Waals surface area contributed by atoms with Crippen LogP contribution in [0.2, 0.25) is 0 Å². The number of fused-ring (bicyclic) bond motifs is 10. The Hall–Kier alpha value is -5.36. The SMILES string of the molecule is c1ccc(-c2nc(-c3cccc(-n4c5ccccc5c5ccc6c7ccccc7sc6c54)c3)nc3sc4ccccc4c23)cc1. The van der Waals surface area contributed by atoms with Gasteiger partial charge in [0.1, 0.15) is 4.83 Å². The van der Waals surface area contributed by atoms with Crippen molar-refractivity contribution in [1.82, 2.24) is 14.5 Å². The van der Waals surface area contributed by atoms with E-state index in [2.05, 4.69) is 144 Å². The summed E-state index contributed by atoms with van der Waals surface area (Å²) >= 11 is 3.61. The van der Waals surface area contributed by atoms with Crippen molar-refractivity contribution in [3.63, 3.8) is 0 Å². The molecule has 5 heteroatoms. The molecule has 45 heavy (non-hydrogen) atoms. The summed E-state index contributed by atoms with van der Waals surface area (Å²) in [5.41, 5.74) is 6.62. The summed E-state index contributed by atoms with van der Waals surface area (Å²) in [6, 6.07) is 49.8. The fraction of sp³-hybridized carbons (Fsp3) is 0. The molecular weight excluding hydrogens is 587 g/mol. The maximum atomic E-state index is 5.28. The van der Waals surface area contributed by atoms with Crippen molar-refractivity contribution < 1.29 is 0 Å². The smallest absolute Gasteiger partial charge is 0.161 e. The molecule has 4 aromatic heterocycles. The topological polar surface area (TPSA) is 30.7 Å². The summed E-state index contributed by atoms with van der Waals surface area (Å²) in [4.78, 5) is 11.5. The fourth-order valence-electron chi connectivity index (χ4n) is 6.84. The van der Waals surface area contributed by atoms with Crippen LogP contribution in [-0.4, -0.2) is 14.5 Å². The highest BCUT2D eigenvalue weighted by molar-refractivity contribution is 7.26. The molecule has 0 aliphatic heterocycles. The molecule has 10 rings (SSSR count). The molecule has 0 bridgehead atoms. The van der Waals surface area contributed by atoms with Crippen LogP contribution in [0.15, 0.2) is 140 Å². The highest BCUT2D eigenvalue weighted by Crippen LogP contribution is 2.44. The highest BCUT2D eigenvalue weighted by atomic mass is 32.1. The summed E-state index contributed by atoms with van der Waals surface area (Å²) in [6.07, 6.45) is 0. The van der Waals surface area contributed by atoms with E-state index in [1.54, 1.807) is 11.3 Å². The Morgan fingerprint density at radius 3 is 2.04 bits per heavy atom. The number of hydrogen-bond acceptors (Lipinski definition) is 4. The van der Waals surface area contributed by atoms with Gasteiger partial charge in [-0.15, -0.1) is 22.7 Å². The van der Waals surface area contributed by atoms with Gasteiger partial charge in [0.05, 0.1) is 21.4 Å². The normalized spacial score (nSPS) is 12.0. The van der Waals surface area contributed by atoms with Crippen molar-refractivity contribution in [2.75, 3.05) is 0 Å². The molecule has 0 fully saturated rings. The van der Waals surface area contributed by atoms with Crippen LogP contribution in [0.1, 0.15) is 0 Å². The molecular formula is C40H23N3S2. The van der Waals surface area contributed by atoms with Crippen LogP contribution in [0, 0.1) is 0 Å². The quantitative estimate of drug-likeness (QED) is 0.199. The molecule has 0 saturated carbocycles. The highest BCUT2D eigenvalue weighted by Gasteiger charge is 2.20. The number of hydrogen-bond donors (Lipinski definition) is 0. The molecule has 0 aliphatic rings. The van der Waals surface area contributed by atoms with Gasteiger partial charge in [-0.3, -0.25) is 0 Å². The first-order valence-electron chi connectivity index (χ1n) is 15.0. The Labute approximate surface area is 266 Å². The van der Waals surface area contributed by atoms with E-state index in [0.717, 1.165) is 38.5 Å². The van der Waals surface area contributed by atoms with Crippen molar-refractivity contribution in [2.45, 2.75) is 0 Å². The molecule has 0 amide bonds. The van der Waals surface area contributed by atoms with Crippen LogP contribution in [0.3, 0.4) is 0 Å². The summed E-state index contributed by atoms with van der Waals surface area (Å²) in [5.74, 6) is 0.738. The van der Waals surface area contributed by atoms with Gasteiger partial charge in [-0.25, -0.2) is 9.97 Å². The molecule has 6 aromatic carbocycles. The second-order valence-corrected chi connectivity index (χ2v) is 13.5. The van der Waals surface area contributed by atoms with Crippen molar-refractivity contribution in [3.8, 4) is 28.3 Å². The first kappa shape index (κ1) is 25.0. The van der Waals surface area contributed by atoms with Crippen molar-refractivity contribution in [3.05, 3.63) is 140 Å². The third kappa shape index (κ3) is 3.69. The Morgan fingerprint density at radius 2 is 1.18 bits per heavy atom. The summed E-state index contributed by atoms with van der Waals surface area (Å²) < 4.78 is 6.28. The van der Waals surface area contributed by atoms with Crippen LogP contribution >= 0.6 is 22.7 Å². The lowest BCUT2D eigenvalue weighted by Gasteiger charge is -2.11. The summed E-state index contributed by atoms with van der Waals surface area (Å²) in [6.45, 7) is 0. The van der Waals surface area contributed by atoms with Gasteiger partial charge < -0.3 is 4.57 Å². The fourth-order valence-corrected chi connectivity index (χ4v) is 9.16. The minimum Gasteiger partial charge on any atom is -0.308 e. The van der Waals surface area contributed by atoms with Crippen LogP contribution in [0.4, 0.5) is 0 Å². The second-order valence-electron chi connectivity index (χ2n) is 11.4. The zero-order chi connectivity index (χ0) is 29.5. The number of para-hydroxylation sites is 1. The predicted molar refractivity (Wildman–Crippen MR) is 193 cm³/mol. The molecule has 0 aliphatic carbocycles. The van der Waals surface area contributed by atoms with Crippen LogP contribution in [-0.2, 0) is 0 Å². The maximum absolute atomic E-state index is 5.28. The van der Waals surface area contributed by atoms with E-state index in [1.165, 1.54) is 52.1 Å². The number of aromatic nitrogens is 3. The van der Waals surface area contributed by atoms with E-state index >= 15 is 0 Å². The summed E-state index contributed by atoms with van der Waals surface area (Å²) in [7, 11) is 0. The Bertz CT molecular complexity index is 2770. The Morgan fingerprint density at radius 1 is 0.489 bits per heavy atom. The number of nitrogens with zero attached hydrogens (tertiary/aromatic N) is 3. The van der Waals surface area contributed by atoms with E-state index in [-0.39, 0.29) is 0 Å². The van der Waals surface area contributed by atoms with Gasteiger partial charge in [0.15, 0.2) is 5.82 Å². The third-order valence-electron chi connectivity index (χ3n) is 8.83. The standard InChI is InChI=1S/C40H23N3S2/c1-2-11-24(12-3-1)36-35-31-17-6-9-20-34(31)45-40(35)42-39(41-36)25-13-10-14-26(23-25)43-32-18-7-4-15-27(32)29-21-22-30-28-16-5-8-19-33(28)44-38(30)37(29)43/h1-23H. The van der Waals surface area contributed by atoms with E-state index in [1.807, 2.05) is 11.3 Å². The van der Waals surface area contributed by atoms with Gasteiger partial charge >= 0.3 is 0 Å². The third-order valence-corrected chi connectivity index (χ3v) is 11.1. The lowest BCUT2D eigenvalue weighted by molar-refractivity contribution is 1.18. The minimum absolute atomic E-state index is 0.738. The molecule has 3 nitrogen and oxygen atoms in total. The lowest BCUT2D eigenvalue weighted by atomic mass is 10.1. The van der Waals surface area contributed by atoms with Gasteiger partial charge in [0, 0.05) is 58.5 Å². The zero-order valence-corrected chi connectivity index (χ0v) is 25.6. The average molecular weight is 610 g/mol. The molecule has 0 atom stereocenters. The van der Waals surface area contributed by atoms with Crippen molar-refractivity contribution >= 4 is 85.0 Å². The first-order chi connectivity index (χ1) is 22.3. The maximum Gasteiger partial charge on any atom is 0.161 e. The van der Waals surface area contributed by atoms with Gasteiger partial charge in [0.25, 0.3) is 0 Å². The predicted octanol–water partition coefficient (Wildman–Crippen LogP) is 11.6. The van der Waals surface area contributed by atoms with Gasteiger partial charge in [-0.2, -0.15) is 0 Å². The molecule has 0 unspecified atom stereocenters. The Balaban J connectivity index is 1.25. The van der Waals surface area contributed by atoms with Gasteiger partial charge in [-0.1, -0.05) is 109 Å². The number of benzene rings is 6. The second kappa shape index (κ2) is 9.57. The van der Waals surface area contributed by atoms with E-state index < -0.39 is 0 Å². The first-order valence-corrected chi connectivity index (χ1v) is 16.6. The average Bonchev–Trinajstić information content (AvgIpc) is 3.78. The van der Waals surface area contributed by atoms with E-state index in [9.17, 15) is 0 Å². The number of thiophene rings is 2. The van der Waals surface area contributed by atoms with Gasteiger partial charge in [0.2, 0.25) is 0 Å². The minimum atomic E-state index is 0.738. The van der Waals surface area contributed by atoms with Crippen molar-refractivity contribution in [2.24, 2.45) is 0 Å². The largest absolute Gasteiger partial charge is 0.308 e. The molecule has 210 valence electrons. The molecule has 0 radical (unpaired) electrons. The Kier molecular flexibility index (Phi) is 5.32. The zero-order valence-electron chi connectivity index (χ0n) is 23.9. The molecule has 0 spiro atoms. The van der Waals surface area contributed by atoms with E-state index in [4.69, 9.17) is 9.97 Å². The molecule has 10 aromatic rings. The molecule has 4 heterocycles. The van der Waals surface area contributed by atoms with Crippen LogP contribution in [0.25, 0.3) is 90.6 Å². The monoisotopic (exact) mass is 609 g/mol.